The number of amides is 1. The molecule has 1 amide bonds. The fourth-order valence-corrected chi connectivity index (χ4v) is 2.24. The van der Waals surface area contributed by atoms with Gasteiger partial charge in [0.05, 0.1) is 0 Å². The van der Waals surface area contributed by atoms with Crippen LogP contribution in [0.1, 0.15) is 19.3 Å². The maximum Gasteiger partial charge on any atom is 0.224 e. The van der Waals surface area contributed by atoms with E-state index in [1.54, 1.807) is 0 Å². The van der Waals surface area contributed by atoms with Gasteiger partial charge in [-0.05, 0) is 19.9 Å². The lowest BCUT2D eigenvalue weighted by molar-refractivity contribution is -0.130. The van der Waals surface area contributed by atoms with Crippen LogP contribution in [0.2, 0.25) is 0 Å². The highest BCUT2D eigenvalue weighted by Gasteiger charge is 2.31. The third-order valence-corrected chi connectivity index (χ3v) is 2.93. The highest BCUT2D eigenvalue weighted by atomic mass is 16.2. The van der Waals surface area contributed by atoms with Gasteiger partial charge in [0, 0.05) is 32.1 Å². The van der Waals surface area contributed by atoms with Gasteiger partial charge >= 0.3 is 0 Å². The molecule has 0 aliphatic carbocycles. The van der Waals surface area contributed by atoms with E-state index in [4.69, 9.17) is 0 Å². The zero-order valence-electron chi connectivity index (χ0n) is 7.62. The Labute approximate surface area is 73.3 Å². The first-order valence-electron chi connectivity index (χ1n) is 4.75. The Morgan fingerprint density at radius 2 is 2.25 bits per heavy atom. The Morgan fingerprint density at radius 3 is 3.08 bits per heavy atom. The molecule has 2 aliphatic heterocycles. The molecule has 3 heteroatoms. The first-order valence-corrected chi connectivity index (χ1v) is 4.75. The lowest BCUT2D eigenvalue weighted by Crippen LogP contribution is -2.37. The van der Waals surface area contributed by atoms with Gasteiger partial charge in [0.1, 0.15) is 0 Å². The fourth-order valence-electron chi connectivity index (χ4n) is 2.24. The first-order chi connectivity index (χ1) is 5.77. The van der Waals surface area contributed by atoms with Crippen molar-refractivity contribution >= 4 is 5.91 Å². The Balaban J connectivity index is 2.10. The summed E-state index contributed by atoms with van der Waals surface area (Å²) in [5.74, 6) is 0.363. The molecule has 2 rings (SSSR count). The van der Waals surface area contributed by atoms with Crippen LogP contribution in [0.5, 0.6) is 0 Å². The minimum atomic E-state index is 0.363. The van der Waals surface area contributed by atoms with Crippen LogP contribution in [0.3, 0.4) is 0 Å². The highest BCUT2D eigenvalue weighted by Crippen LogP contribution is 2.21. The Morgan fingerprint density at radius 1 is 1.42 bits per heavy atom. The molecule has 68 valence electrons. The van der Waals surface area contributed by atoms with Crippen LogP contribution < -0.4 is 0 Å². The van der Waals surface area contributed by atoms with Crippen molar-refractivity contribution in [1.82, 2.24) is 9.80 Å². The first kappa shape index (κ1) is 8.05. The summed E-state index contributed by atoms with van der Waals surface area (Å²) >= 11 is 0. The van der Waals surface area contributed by atoms with Crippen LogP contribution in [0.4, 0.5) is 0 Å². The number of carbonyl (C=O) groups is 1. The van der Waals surface area contributed by atoms with Crippen molar-refractivity contribution in [3.63, 3.8) is 0 Å². The van der Waals surface area contributed by atoms with E-state index in [0.29, 0.717) is 18.4 Å². The Kier molecular flexibility index (Phi) is 2.05. The van der Waals surface area contributed by atoms with Crippen molar-refractivity contribution in [2.24, 2.45) is 0 Å². The molecule has 1 unspecified atom stereocenters. The predicted octanol–water partition coefficient (Wildman–Crippen LogP) is 0.313. The Bertz CT molecular complexity index is 193. The third kappa shape index (κ3) is 1.33. The summed E-state index contributed by atoms with van der Waals surface area (Å²) in [6.45, 7) is 3.01. The quantitative estimate of drug-likeness (QED) is 0.520. The molecule has 1 atom stereocenters. The number of carbonyl (C=O) groups excluding carboxylic acids is 1. The summed E-state index contributed by atoms with van der Waals surface area (Å²) in [5, 5.41) is 0. The average Bonchev–Trinajstić information content (AvgIpc) is 2.44. The number of fused-ring (bicyclic) bond motifs is 1. The zero-order chi connectivity index (χ0) is 8.55. The van der Waals surface area contributed by atoms with Gasteiger partial charge in [0.2, 0.25) is 5.91 Å². The van der Waals surface area contributed by atoms with Crippen molar-refractivity contribution in [3.05, 3.63) is 0 Å². The fraction of sp³-hybridized carbons (Fsp3) is 0.889. The summed E-state index contributed by atoms with van der Waals surface area (Å²) in [6.07, 6.45) is 3.12. The summed E-state index contributed by atoms with van der Waals surface area (Å²) < 4.78 is 0. The van der Waals surface area contributed by atoms with Crippen LogP contribution in [0, 0.1) is 0 Å². The lowest BCUT2D eigenvalue weighted by atomic mass is 10.2. The molecule has 0 bridgehead atoms. The van der Waals surface area contributed by atoms with Gasteiger partial charge in [-0.3, -0.25) is 4.79 Å². The Hall–Kier alpha value is -0.570. The van der Waals surface area contributed by atoms with E-state index in [1.807, 2.05) is 0 Å². The van der Waals surface area contributed by atoms with Crippen LogP contribution in [-0.4, -0.2) is 48.4 Å². The molecule has 0 N–H and O–H groups in total. The number of nitrogens with zero attached hydrogens (tertiary/aromatic N) is 2. The van der Waals surface area contributed by atoms with E-state index < -0.39 is 0 Å². The number of hydrogen-bond acceptors (Lipinski definition) is 2. The standard InChI is InChI=1S/C9H16N2O/c1-10-6-4-9(12)11-5-2-3-8(11)7-10/h8H,2-7H2,1H3. The molecular formula is C9H16N2O. The number of hydrogen-bond donors (Lipinski definition) is 0. The van der Waals surface area contributed by atoms with Gasteiger partial charge in [-0.15, -0.1) is 0 Å². The molecular weight excluding hydrogens is 152 g/mol. The van der Waals surface area contributed by atoms with E-state index in [2.05, 4.69) is 16.8 Å². The summed E-state index contributed by atoms with van der Waals surface area (Å²) in [4.78, 5) is 15.9. The van der Waals surface area contributed by atoms with E-state index in [1.165, 1.54) is 12.8 Å². The minimum absolute atomic E-state index is 0.363. The van der Waals surface area contributed by atoms with E-state index in [-0.39, 0.29) is 0 Å². The largest absolute Gasteiger partial charge is 0.338 e. The molecule has 0 aromatic heterocycles. The van der Waals surface area contributed by atoms with Crippen molar-refractivity contribution in [1.29, 1.82) is 0 Å². The molecule has 3 nitrogen and oxygen atoms in total. The molecule has 0 aromatic rings. The van der Waals surface area contributed by atoms with Crippen LogP contribution >= 0.6 is 0 Å². The molecule has 0 spiro atoms. The average molecular weight is 168 g/mol. The summed E-state index contributed by atoms with van der Waals surface area (Å²) in [7, 11) is 2.11. The molecule has 2 heterocycles. The van der Waals surface area contributed by atoms with E-state index >= 15 is 0 Å². The SMILES string of the molecule is CN1CCC(=O)N2CCCC2C1. The van der Waals surface area contributed by atoms with Gasteiger partial charge < -0.3 is 9.80 Å². The topological polar surface area (TPSA) is 23.6 Å². The van der Waals surface area contributed by atoms with Crippen molar-refractivity contribution in [2.75, 3.05) is 26.7 Å². The summed E-state index contributed by atoms with van der Waals surface area (Å²) in [5.41, 5.74) is 0. The molecule has 2 saturated heterocycles. The molecule has 12 heavy (non-hydrogen) atoms. The smallest absolute Gasteiger partial charge is 0.224 e. The molecule has 0 saturated carbocycles. The molecule has 0 radical (unpaired) electrons. The van der Waals surface area contributed by atoms with E-state index in [9.17, 15) is 4.79 Å². The third-order valence-electron chi connectivity index (χ3n) is 2.93. The number of rotatable bonds is 0. The second kappa shape index (κ2) is 3.05. The lowest BCUT2D eigenvalue weighted by Gasteiger charge is -2.23. The predicted molar refractivity (Wildman–Crippen MR) is 46.8 cm³/mol. The molecule has 2 aliphatic rings. The normalized spacial score (nSPS) is 31.9. The van der Waals surface area contributed by atoms with Crippen LogP contribution in [0.25, 0.3) is 0 Å². The summed E-state index contributed by atoms with van der Waals surface area (Å²) in [6, 6.07) is 0.519. The zero-order valence-corrected chi connectivity index (χ0v) is 7.62. The van der Waals surface area contributed by atoms with Crippen molar-refractivity contribution < 1.29 is 4.79 Å². The maximum absolute atomic E-state index is 11.5. The number of likely N-dealkylation sites (N-methyl/N-ethyl adjacent to an activating group) is 1. The minimum Gasteiger partial charge on any atom is -0.338 e. The van der Waals surface area contributed by atoms with E-state index in [0.717, 1.165) is 19.6 Å². The van der Waals surface area contributed by atoms with Crippen LogP contribution in [0.15, 0.2) is 0 Å². The van der Waals surface area contributed by atoms with Crippen molar-refractivity contribution in [2.45, 2.75) is 25.3 Å². The highest BCUT2D eigenvalue weighted by molar-refractivity contribution is 5.77. The second-order valence-corrected chi connectivity index (χ2v) is 3.90. The van der Waals surface area contributed by atoms with Gasteiger partial charge in [-0.25, -0.2) is 0 Å². The maximum atomic E-state index is 11.5. The van der Waals surface area contributed by atoms with Gasteiger partial charge in [0.25, 0.3) is 0 Å². The second-order valence-electron chi connectivity index (χ2n) is 3.90. The van der Waals surface area contributed by atoms with Gasteiger partial charge in [0.15, 0.2) is 0 Å². The van der Waals surface area contributed by atoms with Gasteiger partial charge in [-0.1, -0.05) is 0 Å². The monoisotopic (exact) mass is 168 g/mol. The van der Waals surface area contributed by atoms with Gasteiger partial charge in [-0.2, -0.15) is 0 Å². The molecule has 2 fully saturated rings. The van der Waals surface area contributed by atoms with Crippen molar-refractivity contribution in [3.8, 4) is 0 Å². The molecule has 0 aromatic carbocycles. The van der Waals surface area contributed by atoms with Crippen LogP contribution in [-0.2, 0) is 4.79 Å².